The Balaban J connectivity index is 1.53. The van der Waals surface area contributed by atoms with Gasteiger partial charge in [-0.1, -0.05) is 67.3 Å². The lowest BCUT2D eigenvalue weighted by Crippen LogP contribution is -2.66. The van der Waals surface area contributed by atoms with Crippen LogP contribution in [0.5, 0.6) is 0 Å². The number of benzene rings is 1. The topological polar surface area (TPSA) is 112 Å². The number of aliphatic imine (C=N–C) groups is 1. The molecule has 142 valence electrons. The number of amides is 1. The molecule has 11 heteroatoms. The zero-order chi connectivity index (χ0) is 19.1. The molecule has 3 unspecified atom stereocenters. The Morgan fingerprint density at radius 1 is 1.48 bits per heavy atom. The molecule has 0 aliphatic carbocycles. The second-order valence-corrected chi connectivity index (χ2v) is 10.2. The molecule has 0 aromatic heterocycles. The summed E-state index contributed by atoms with van der Waals surface area (Å²) in [6.45, 7) is 1.01. The second-order valence-electron chi connectivity index (χ2n) is 6.47. The lowest BCUT2D eigenvalue weighted by Gasteiger charge is -2.46. The van der Waals surface area contributed by atoms with Gasteiger partial charge in [0.25, 0.3) is 0 Å². The summed E-state index contributed by atoms with van der Waals surface area (Å²) in [7, 11) is 0. The Morgan fingerprint density at radius 2 is 2.26 bits per heavy atom. The van der Waals surface area contributed by atoms with E-state index < -0.39 is 21.1 Å². The van der Waals surface area contributed by atoms with E-state index in [1.807, 2.05) is 35.2 Å². The zero-order valence-electron chi connectivity index (χ0n) is 14.1. The van der Waals surface area contributed by atoms with E-state index in [0.29, 0.717) is 25.5 Å². The predicted octanol–water partition coefficient (Wildman–Crippen LogP) is 3.25. The maximum absolute atomic E-state index is 12.3. The molecule has 2 saturated heterocycles. The standard InChI is InChI=1S/C16H16Br2N6O3/c17-15(18)6-7-24-13(20-11-9-27-16(15,24)12(11)22-23-19)21-14(25)26-8-10-4-2-1-3-5-10/h1-5,11-12H,6-9H2,(H,20,21,25). The number of nitrogens with one attached hydrogen (secondary N) is 1. The van der Waals surface area contributed by atoms with E-state index in [2.05, 4.69) is 52.2 Å². The highest BCUT2D eigenvalue weighted by Crippen LogP contribution is 2.57. The Hall–Kier alpha value is -1.81. The number of ether oxygens (including phenoxy) is 2. The van der Waals surface area contributed by atoms with Crippen LogP contribution in [0, 0.1) is 0 Å². The van der Waals surface area contributed by atoms with Gasteiger partial charge in [-0.25, -0.2) is 9.79 Å². The lowest BCUT2D eigenvalue weighted by molar-refractivity contribution is -0.0743. The van der Waals surface area contributed by atoms with Crippen molar-refractivity contribution in [3.05, 3.63) is 46.3 Å². The van der Waals surface area contributed by atoms with Crippen molar-refractivity contribution >= 4 is 43.9 Å². The minimum Gasteiger partial charge on any atom is -0.444 e. The van der Waals surface area contributed by atoms with Gasteiger partial charge in [-0.2, -0.15) is 0 Å². The van der Waals surface area contributed by atoms with E-state index in [-0.39, 0.29) is 12.6 Å². The fourth-order valence-electron chi connectivity index (χ4n) is 3.76. The van der Waals surface area contributed by atoms with E-state index in [1.165, 1.54) is 0 Å². The third-order valence-corrected chi connectivity index (χ3v) is 6.89. The molecule has 1 amide bonds. The zero-order valence-corrected chi connectivity index (χ0v) is 17.3. The number of rotatable bonds is 3. The first-order chi connectivity index (χ1) is 13.0. The number of azide groups is 1. The van der Waals surface area contributed by atoms with Crippen LogP contribution in [0.15, 0.2) is 40.4 Å². The number of hydrogen-bond acceptors (Lipinski definition) is 6. The highest BCUT2D eigenvalue weighted by atomic mass is 79.9. The number of hydrogen-bond donors (Lipinski definition) is 1. The van der Waals surface area contributed by atoms with E-state index in [4.69, 9.17) is 15.0 Å². The number of halogens is 2. The summed E-state index contributed by atoms with van der Waals surface area (Å²) in [5.74, 6) is 0.362. The SMILES string of the molecule is [N-]=[N+]=NC1C2COC13N(CCC3(Br)Br)C(NC(=O)OCc1ccccc1)=N2. The predicted molar refractivity (Wildman–Crippen MR) is 105 cm³/mol. The van der Waals surface area contributed by atoms with Crippen LogP contribution in [-0.2, 0) is 16.1 Å². The molecule has 9 nitrogen and oxygen atoms in total. The van der Waals surface area contributed by atoms with Crippen molar-refractivity contribution in [1.29, 1.82) is 0 Å². The number of nitrogens with zero attached hydrogens (tertiary/aromatic N) is 5. The molecule has 0 radical (unpaired) electrons. The molecular formula is C16H16Br2N6O3. The number of alkyl carbamates (subject to hydrolysis) is 1. The molecule has 2 bridgehead atoms. The summed E-state index contributed by atoms with van der Waals surface area (Å²) in [6.07, 6.45) is 0.0627. The smallest absolute Gasteiger partial charge is 0.414 e. The van der Waals surface area contributed by atoms with E-state index in [0.717, 1.165) is 5.56 Å². The maximum Gasteiger partial charge on any atom is 0.414 e. The van der Waals surface area contributed by atoms with Gasteiger partial charge in [-0.3, -0.25) is 5.32 Å². The Bertz CT molecular complexity index is 829. The minimum absolute atomic E-state index is 0.160. The maximum atomic E-state index is 12.3. The molecule has 3 aliphatic heterocycles. The van der Waals surface area contributed by atoms with Gasteiger partial charge < -0.3 is 14.4 Å². The Labute approximate surface area is 172 Å². The van der Waals surface area contributed by atoms with Crippen LogP contribution in [0.1, 0.15) is 12.0 Å². The summed E-state index contributed by atoms with van der Waals surface area (Å²) in [5, 5.41) is 6.64. The molecular weight excluding hydrogens is 484 g/mol. The van der Waals surface area contributed by atoms with Gasteiger partial charge in [0.1, 0.15) is 15.9 Å². The van der Waals surface area contributed by atoms with Gasteiger partial charge in [0.2, 0.25) is 5.96 Å². The monoisotopic (exact) mass is 498 g/mol. The average molecular weight is 500 g/mol. The van der Waals surface area contributed by atoms with Gasteiger partial charge in [0, 0.05) is 11.5 Å². The molecule has 27 heavy (non-hydrogen) atoms. The molecule has 3 atom stereocenters. The molecule has 0 saturated carbocycles. The third kappa shape index (κ3) is 2.98. The summed E-state index contributed by atoms with van der Waals surface area (Å²) in [4.78, 5) is 21.6. The Kier molecular flexibility index (Phi) is 4.79. The van der Waals surface area contributed by atoms with Crippen molar-refractivity contribution < 1.29 is 14.3 Å². The molecule has 3 heterocycles. The molecule has 4 rings (SSSR count). The number of carbonyl (C=O) groups excluding carboxylic acids is 1. The molecule has 1 spiro atoms. The minimum atomic E-state index is -0.965. The normalized spacial score (nSPS) is 30.1. The van der Waals surface area contributed by atoms with Gasteiger partial charge >= 0.3 is 6.09 Å². The van der Waals surface area contributed by atoms with Crippen molar-refractivity contribution in [2.45, 2.75) is 34.1 Å². The molecule has 1 aromatic carbocycles. The summed E-state index contributed by atoms with van der Waals surface area (Å²) >= 11 is 7.32. The first-order valence-electron chi connectivity index (χ1n) is 8.37. The van der Waals surface area contributed by atoms with Crippen molar-refractivity contribution in [2.75, 3.05) is 13.2 Å². The van der Waals surface area contributed by atoms with Crippen molar-refractivity contribution in [3.63, 3.8) is 0 Å². The van der Waals surface area contributed by atoms with Crippen molar-refractivity contribution in [1.82, 2.24) is 10.2 Å². The number of guanidine groups is 1. The van der Waals surface area contributed by atoms with Crippen LogP contribution < -0.4 is 5.32 Å². The van der Waals surface area contributed by atoms with Crippen molar-refractivity contribution in [2.24, 2.45) is 10.1 Å². The fourth-order valence-corrected chi connectivity index (χ4v) is 5.24. The summed E-state index contributed by atoms with van der Waals surface area (Å²) in [6, 6.07) is 8.52. The summed E-state index contributed by atoms with van der Waals surface area (Å²) in [5.41, 5.74) is 8.90. The molecule has 1 aromatic rings. The number of carbonyl (C=O) groups is 1. The van der Waals surface area contributed by atoms with Crippen LogP contribution in [-0.4, -0.2) is 51.1 Å². The van der Waals surface area contributed by atoms with E-state index in [9.17, 15) is 4.79 Å². The molecule has 1 N–H and O–H groups in total. The fraction of sp³-hybridized carbons (Fsp3) is 0.500. The second kappa shape index (κ2) is 6.97. The van der Waals surface area contributed by atoms with Crippen LogP contribution >= 0.6 is 31.9 Å². The highest BCUT2D eigenvalue weighted by Gasteiger charge is 2.70. The van der Waals surface area contributed by atoms with Crippen LogP contribution in [0.3, 0.4) is 0 Å². The van der Waals surface area contributed by atoms with Crippen LogP contribution in [0.2, 0.25) is 0 Å². The lowest BCUT2D eigenvalue weighted by atomic mass is 9.96. The van der Waals surface area contributed by atoms with E-state index >= 15 is 0 Å². The first-order valence-corrected chi connectivity index (χ1v) is 9.96. The van der Waals surface area contributed by atoms with Gasteiger partial charge in [0.15, 0.2) is 5.72 Å². The first kappa shape index (κ1) is 18.5. The molecule has 3 aliphatic rings. The van der Waals surface area contributed by atoms with Crippen molar-refractivity contribution in [3.8, 4) is 0 Å². The van der Waals surface area contributed by atoms with Gasteiger partial charge in [0.05, 0.1) is 12.6 Å². The largest absolute Gasteiger partial charge is 0.444 e. The quantitative estimate of drug-likeness (QED) is 0.297. The number of alkyl halides is 2. The highest BCUT2D eigenvalue weighted by molar-refractivity contribution is 9.25. The number of fused-ring (bicyclic) bond motifs is 1. The van der Waals surface area contributed by atoms with E-state index in [1.54, 1.807) is 0 Å². The van der Waals surface area contributed by atoms with Crippen LogP contribution in [0.25, 0.3) is 10.4 Å². The molecule has 2 fully saturated rings. The third-order valence-electron chi connectivity index (χ3n) is 4.96. The summed E-state index contributed by atoms with van der Waals surface area (Å²) < 4.78 is 10.7. The van der Waals surface area contributed by atoms with Gasteiger partial charge in [-0.15, -0.1) is 0 Å². The average Bonchev–Trinajstić information content (AvgIpc) is 3.08. The van der Waals surface area contributed by atoms with Crippen LogP contribution in [0.4, 0.5) is 4.79 Å². The Morgan fingerprint density at radius 3 is 3.00 bits per heavy atom. The van der Waals surface area contributed by atoms with Gasteiger partial charge in [-0.05, 0) is 17.5 Å².